The highest BCUT2D eigenvalue weighted by molar-refractivity contribution is 7.16. The van der Waals surface area contributed by atoms with E-state index in [0.29, 0.717) is 22.1 Å². The summed E-state index contributed by atoms with van der Waals surface area (Å²) in [5, 5.41) is 1.41. The van der Waals surface area contributed by atoms with Gasteiger partial charge in [-0.3, -0.25) is 24.2 Å². The van der Waals surface area contributed by atoms with E-state index in [1.54, 1.807) is 12.5 Å². The van der Waals surface area contributed by atoms with E-state index in [0.717, 1.165) is 60.0 Å². The number of carbonyl (C=O) groups excluding carboxylic acids is 1. The van der Waals surface area contributed by atoms with Crippen LogP contribution >= 0.6 is 22.9 Å². The molecule has 0 saturated carbocycles. The largest absolute Gasteiger partial charge is 0.484 e. The maximum Gasteiger partial charge on any atom is 0.262 e. The molecule has 0 bridgehead atoms. The number of halogens is 1. The molecule has 0 radical (unpaired) electrons. The van der Waals surface area contributed by atoms with Gasteiger partial charge in [-0.25, -0.2) is 4.98 Å². The van der Waals surface area contributed by atoms with Crippen molar-refractivity contribution in [2.24, 2.45) is 5.73 Å². The Morgan fingerprint density at radius 2 is 1.88 bits per heavy atom. The number of anilines is 1. The molecule has 5 heterocycles. The van der Waals surface area contributed by atoms with Crippen LogP contribution in [0.2, 0.25) is 5.02 Å². The van der Waals surface area contributed by atoms with Crippen LogP contribution in [0.25, 0.3) is 16.0 Å². The van der Waals surface area contributed by atoms with Crippen LogP contribution in [0.5, 0.6) is 5.75 Å². The van der Waals surface area contributed by atoms with E-state index in [1.165, 1.54) is 17.0 Å². The lowest BCUT2D eigenvalue weighted by atomic mass is 10.1. The summed E-state index contributed by atoms with van der Waals surface area (Å²) in [6.45, 7) is 6.54. The van der Waals surface area contributed by atoms with Crippen molar-refractivity contribution < 1.29 is 9.53 Å². The van der Waals surface area contributed by atoms with Crippen molar-refractivity contribution in [2.75, 3.05) is 31.1 Å². The number of hydrogen-bond donors (Lipinski definition) is 1. The van der Waals surface area contributed by atoms with Gasteiger partial charge in [0, 0.05) is 67.5 Å². The van der Waals surface area contributed by atoms with Gasteiger partial charge in [0.2, 0.25) is 0 Å². The summed E-state index contributed by atoms with van der Waals surface area (Å²) >= 11 is 7.72. The predicted octanol–water partition coefficient (Wildman–Crippen LogP) is 5.48. The van der Waals surface area contributed by atoms with Gasteiger partial charge in [0.1, 0.15) is 33.6 Å². The zero-order valence-corrected chi connectivity index (χ0v) is 24.2. The van der Waals surface area contributed by atoms with Crippen LogP contribution in [0.3, 0.4) is 0 Å². The number of pyridine rings is 2. The molecule has 0 spiro atoms. The number of rotatable bonds is 9. The number of hydrogen-bond acceptors (Lipinski definition) is 8. The van der Waals surface area contributed by atoms with E-state index in [9.17, 15) is 4.79 Å². The summed E-state index contributed by atoms with van der Waals surface area (Å²) in [5.41, 5.74) is 10.5. The Kier molecular flexibility index (Phi) is 7.86. The minimum Gasteiger partial charge on any atom is -0.484 e. The average Bonchev–Trinajstić information content (AvgIpc) is 3.61. The molecule has 4 aromatic heterocycles. The lowest BCUT2D eigenvalue weighted by molar-refractivity contribution is 0.0997. The van der Waals surface area contributed by atoms with Gasteiger partial charge in [0.05, 0.1) is 17.4 Å². The SMILES string of the molecule is CCC(Oc1cc(-n2cnc3cnc(CN4CCN(c5ccncc5)CC4)cc32)sc1C(N)=O)c1ccccc1Cl. The first-order chi connectivity index (χ1) is 20.0. The number of carbonyl (C=O) groups is 1. The minimum absolute atomic E-state index is 0.321. The number of imidazole rings is 1. The molecule has 6 rings (SSSR count). The van der Waals surface area contributed by atoms with Gasteiger partial charge >= 0.3 is 0 Å². The van der Waals surface area contributed by atoms with Gasteiger partial charge in [-0.15, -0.1) is 11.3 Å². The molecule has 9 nitrogen and oxygen atoms in total. The number of primary amides is 1. The molecular formula is C30H30ClN7O2S. The standard InChI is InChI=1S/C30H30ClN7O2S/c1-2-26(22-5-3-4-6-23(22)31)40-27-16-28(41-29(27)30(32)39)38-19-35-24-17-34-20(15-25(24)38)18-36-11-13-37(14-12-36)21-7-9-33-10-8-21/h3-10,15-17,19,26H,2,11-14,18H2,1H3,(H2,32,39). The summed E-state index contributed by atoms with van der Waals surface area (Å²) < 4.78 is 8.30. The number of ether oxygens (including phenoxy) is 1. The first kappa shape index (κ1) is 27.2. The number of thiophene rings is 1. The Labute approximate surface area is 247 Å². The molecule has 1 amide bonds. The van der Waals surface area contributed by atoms with Crippen LogP contribution in [0, 0.1) is 0 Å². The predicted molar refractivity (Wildman–Crippen MR) is 162 cm³/mol. The van der Waals surface area contributed by atoms with Crippen molar-refractivity contribution in [1.29, 1.82) is 0 Å². The number of fused-ring (bicyclic) bond motifs is 1. The van der Waals surface area contributed by atoms with Crippen LogP contribution in [0.15, 0.2) is 73.4 Å². The quantitative estimate of drug-likeness (QED) is 0.243. The molecule has 11 heteroatoms. The second kappa shape index (κ2) is 11.9. The number of piperazine rings is 1. The minimum atomic E-state index is -0.539. The van der Waals surface area contributed by atoms with Crippen LogP contribution in [-0.2, 0) is 6.54 Å². The zero-order chi connectivity index (χ0) is 28.3. The summed E-state index contributed by atoms with van der Waals surface area (Å²) in [7, 11) is 0. The van der Waals surface area contributed by atoms with Gasteiger partial charge in [0.15, 0.2) is 0 Å². The Balaban J connectivity index is 1.22. The van der Waals surface area contributed by atoms with E-state index in [1.807, 2.05) is 54.2 Å². The second-order valence-corrected chi connectivity index (χ2v) is 11.4. The van der Waals surface area contributed by atoms with Gasteiger partial charge < -0.3 is 15.4 Å². The third kappa shape index (κ3) is 5.76. The molecule has 1 aromatic carbocycles. The molecule has 1 unspecified atom stereocenters. The first-order valence-electron chi connectivity index (χ1n) is 13.5. The lowest BCUT2D eigenvalue weighted by Gasteiger charge is -2.35. The molecular weight excluding hydrogens is 558 g/mol. The second-order valence-electron chi connectivity index (χ2n) is 9.93. The molecule has 1 aliphatic heterocycles. The number of amides is 1. The van der Waals surface area contributed by atoms with E-state index in [4.69, 9.17) is 22.1 Å². The number of aromatic nitrogens is 4. The van der Waals surface area contributed by atoms with Gasteiger partial charge in [-0.2, -0.15) is 0 Å². The van der Waals surface area contributed by atoms with Crippen molar-refractivity contribution in [1.82, 2.24) is 24.4 Å². The van der Waals surface area contributed by atoms with Crippen molar-refractivity contribution >= 4 is 45.6 Å². The fraction of sp³-hybridized carbons (Fsp3) is 0.267. The van der Waals surface area contributed by atoms with Crippen LogP contribution in [0.1, 0.15) is 40.4 Å². The Morgan fingerprint density at radius 3 is 2.61 bits per heavy atom. The third-order valence-electron chi connectivity index (χ3n) is 7.31. The highest BCUT2D eigenvalue weighted by Gasteiger charge is 2.23. The summed E-state index contributed by atoms with van der Waals surface area (Å²) in [6, 6.07) is 15.6. The Morgan fingerprint density at radius 1 is 1.10 bits per heavy atom. The van der Waals surface area contributed by atoms with Crippen molar-refractivity contribution in [3.05, 3.63) is 94.6 Å². The highest BCUT2D eigenvalue weighted by atomic mass is 35.5. The maximum absolute atomic E-state index is 12.4. The van der Waals surface area contributed by atoms with Crippen molar-refractivity contribution in [3.8, 4) is 10.8 Å². The first-order valence-corrected chi connectivity index (χ1v) is 14.7. The molecule has 210 valence electrons. The van der Waals surface area contributed by atoms with Crippen LogP contribution in [-0.4, -0.2) is 56.5 Å². The van der Waals surface area contributed by atoms with E-state index in [2.05, 4.69) is 43.0 Å². The monoisotopic (exact) mass is 587 g/mol. The maximum atomic E-state index is 12.4. The number of benzene rings is 1. The van der Waals surface area contributed by atoms with Gasteiger partial charge in [-0.1, -0.05) is 36.7 Å². The van der Waals surface area contributed by atoms with E-state index >= 15 is 0 Å². The van der Waals surface area contributed by atoms with Crippen molar-refractivity contribution in [3.63, 3.8) is 0 Å². The van der Waals surface area contributed by atoms with E-state index in [-0.39, 0.29) is 6.10 Å². The molecule has 0 aliphatic carbocycles. The van der Waals surface area contributed by atoms with Gasteiger partial charge in [0.25, 0.3) is 5.91 Å². The van der Waals surface area contributed by atoms with Crippen molar-refractivity contribution in [2.45, 2.75) is 26.0 Å². The Bertz CT molecular complexity index is 1660. The molecule has 5 aromatic rings. The molecule has 41 heavy (non-hydrogen) atoms. The molecule has 1 aliphatic rings. The topological polar surface area (TPSA) is 102 Å². The number of nitrogens with two attached hydrogens (primary N) is 1. The molecule has 2 N–H and O–H groups in total. The average molecular weight is 588 g/mol. The van der Waals surface area contributed by atoms with E-state index < -0.39 is 5.91 Å². The lowest BCUT2D eigenvalue weighted by Crippen LogP contribution is -2.46. The molecule has 1 atom stereocenters. The highest BCUT2D eigenvalue weighted by Crippen LogP contribution is 2.38. The third-order valence-corrected chi connectivity index (χ3v) is 8.79. The summed E-state index contributed by atoms with van der Waals surface area (Å²) in [6.07, 6.45) is 7.57. The molecule has 1 saturated heterocycles. The zero-order valence-electron chi connectivity index (χ0n) is 22.6. The number of nitrogens with zero attached hydrogens (tertiary/aromatic N) is 6. The van der Waals surface area contributed by atoms with Crippen LogP contribution < -0.4 is 15.4 Å². The fourth-order valence-corrected chi connectivity index (χ4v) is 6.34. The van der Waals surface area contributed by atoms with Gasteiger partial charge in [-0.05, 0) is 30.7 Å². The fourth-order valence-electron chi connectivity index (χ4n) is 5.16. The summed E-state index contributed by atoms with van der Waals surface area (Å²) in [4.78, 5) is 30.9. The molecule has 1 fully saturated rings. The normalized spacial score (nSPS) is 14.8. The Hall–Kier alpha value is -3.99. The van der Waals surface area contributed by atoms with Crippen LogP contribution in [0.4, 0.5) is 5.69 Å². The smallest absolute Gasteiger partial charge is 0.262 e. The summed E-state index contributed by atoms with van der Waals surface area (Å²) in [5.74, 6) is -0.101.